The van der Waals surface area contributed by atoms with Crippen LogP contribution in [0.15, 0.2) is 0 Å². The standard InChI is InChI=1S/C2H7N.ClH.Na.H3O4P/c1-3-2;;;1-5(2,3)4/h3H,1-2H3;1H;;(H3,1,2,3,4)/q;;+1;/p-1. The van der Waals surface area contributed by atoms with Crippen molar-refractivity contribution in [2.75, 3.05) is 14.1 Å². The van der Waals surface area contributed by atoms with Crippen molar-refractivity contribution in [3.63, 3.8) is 0 Å². The van der Waals surface area contributed by atoms with E-state index in [0.717, 1.165) is 0 Å². The van der Waals surface area contributed by atoms with E-state index in [0.29, 0.717) is 0 Å². The van der Waals surface area contributed by atoms with E-state index in [1.165, 1.54) is 0 Å². The molecule has 3 N–H and O–H groups in total. The van der Waals surface area contributed by atoms with Gasteiger partial charge in [-0.15, -0.1) is 12.4 Å². The van der Waals surface area contributed by atoms with Gasteiger partial charge in [0.1, 0.15) is 0 Å². The first-order chi connectivity index (χ1) is 3.41. The summed E-state index contributed by atoms with van der Waals surface area (Å²) >= 11 is 0. The maximum atomic E-state index is 8.77. The Morgan fingerprint density at radius 3 is 1.40 bits per heavy atom. The van der Waals surface area contributed by atoms with Gasteiger partial charge in [-0.3, -0.25) is 4.57 Å². The van der Waals surface area contributed by atoms with E-state index in [1.54, 1.807) is 0 Å². The second-order valence-corrected chi connectivity index (χ2v) is 1.97. The molecule has 0 aliphatic carbocycles. The van der Waals surface area contributed by atoms with Crippen LogP contribution < -0.4 is 39.8 Å². The van der Waals surface area contributed by atoms with Gasteiger partial charge in [0.2, 0.25) is 0 Å². The van der Waals surface area contributed by atoms with Crippen LogP contribution in [0, 0.1) is 0 Å². The van der Waals surface area contributed by atoms with Crippen molar-refractivity contribution in [3.05, 3.63) is 0 Å². The third-order valence-electron chi connectivity index (χ3n) is 0. The van der Waals surface area contributed by atoms with Crippen LogP contribution >= 0.6 is 20.2 Å². The molecule has 0 aromatic carbocycles. The van der Waals surface area contributed by atoms with E-state index in [1.807, 2.05) is 14.1 Å². The topological polar surface area (TPSA) is 92.6 Å². The second kappa shape index (κ2) is 13.0. The molecule has 8 heteroatoms. The van der Waals surface area contributed by atoms with Crippen LogP contribution in [0.2, 0.25) is 0 Å². The number of hydrogen-bond donors (Lipinski definition) is 3. The minimum absolute atomic E-state index is 0. The van der Waals surface area contributed by atoms with Crippen molar-refractivity contribution >= 4 is 20.2 Å². The molecule has 60 valence electrons. The summed E-state index contributed by atoms with van der Waals surface area (Å²) in [5.41, 5.74) is 0. The van der Waals surface area contributed by atoms with E-state index in [4.69, 9.17) is 19.2 Å². The molecule has 0 heterocycles. The molecular formula is C2H10ClNNaO4P. The molecule has 0 amide bonds. The minimum Gasteiger partial charge on any atom is -0.756 e. The molecule has 0 saturated heterocycles. The molecule has 0 atom stereocenters. The van der Waals surface area contributed by atoms with Crippen LogP contribution in [0.25, 0.3) is 0 Å². The van der Waals surface area contributed by atoms with E-state index in [2.05, 4.69) is 5.32 Å². The van der Waals surface area contributed by atoms with Crippen LogP contribution in [0.3, 0.4) is 0 Å². The average Bonchev–Trinajstić information content (AvgIpc) is 1.27. The van der Waals surface area contributed by atoms with Crippen LogP contribution in [-0.4, -0.2) is 23.9 Å². The van der Waals surface area contributed by atoms with Gasteiger partial charge in [-0.25, -0.2) is 0 Å². The molecule has 0 aliphatic heterocycles. The molecule has 0 saturated carbocycles. The Morgan fingerprint density at radius 1 is 1.40 bits per heavy atom. The van der Waals surface area contributed by atoms with Gasteiger partial charge in [-0.1, -0.05) is 0 Å². The molecule has 10 heavy (non-hydrogen) atoms. The molecule has 0 radical (unpaired) electrons. The Labute approximate surface area is 88.2 Å². The number of phosphoric acid groups is 1. The average molecular weight is 202 g/mol. The molecule has 0 fully saturated rings. The second-order valence-electron chi connectivity index (χ2n) is 0.991. The Kier molecular flexibility index (Phi) is 29.2. The molecular weight excluding hydrogens is 191 g/mol. The van der Waals surface area contributed by atoms with E-state index >= 15 is 0 Å². The monoisotopic (exact) mass is 201 g/mol. The van der Waals surface area contributed by atoms with Crippen molar-refractivity contribution < 1.29 is 48.8 Å². The maximum Gasteiger partial charge on any atom is 1.00 e. The number of rotatable bonds is 0. The number of nitrogens with one attached hydrogen (secondary N) is 1. The largest absolute Gasteiger partial charge is 1.00 e. The molecule has 0 unspecified atom stereocenters. The summed E-state index contributed by atoms with van der Waals surface area (Å²) in [5, 5.41) is 2.75. The normalized spacial score (nSPS) is 7.70. The first-order valence-corrected chi connectivity index (χ1v) is 3.30. The van der Waals surface area contributed by atoms with E-state index in [9.17, 15) is 0 Å². The first kappa shape index (κ1) is 22.5. The summed E-state index contributed by atoms with van der Waals surface area (Å²) in [4.78, 5) is 22.9. The maximum absolute atomic E-state index is 8.77. The van der Waals surface area contributed by atoms with Gasteiger partial charge in [-0.2, -0.15) is 0 Å². The van der Waals surface area contributed by atoms with Crippen molar-refractivity contribution in [3.8, 4) is 0 Å². The fourth-order valence-corrected chi connectivity index (χ4v) is 0. The van der Waals surface area contributed by atoms with Crippen LogP contribution in [0.1, 0.15) is 0 Å². The predicted molar refractivity (Wildman–Crippen MR) is 34.3 cm³/mol. The molecule has 0 aromatic rings. The van der Waals surface area contributed by atoms with Crippen LogP contribution in [-0.2, 0) is 4.57 Å². The molecule has 5 nitrogen and oxygen atoms in total. The van der Waals surface area contributed by atoms with Gasteiger partial charge < -0.3 is 20.0 Å². The Bertz CT molecular complexity index is 79.1. The summed E-state index contributed by atoms with van der Waals surface area (Å²) in [6, 6.07) is 0. The van der Waals surface area contributed by atoms with Gasteiger partial charge in [0, 0.05) is 0 Å². The van der Waals surface area contributed by atoms with Gasteiger partial charge in [0.15, 0.2) is 0 Å². The van der Waals surface area contributed by atoms with E-state index < -0.39 is 7.82 Å². The van der Waals surface area contributed by atoms with Crippen molar-refractivity contribution in [1.82, 2.24) is 5.32 Å². The Hall–Kier alpha value is 1.36. The quantitative estimate of drug-likeness (QED) is 0.272. The summed E-state index contributed by atoms with van der Waals surface area (Å²) in [6.45, 7) is 0. The van der Waals surface area contributed by atoms with Crippen LogP contribution in [0.5, 0.6) is 0 Å². The smallest absolute Gasteiger partial charge is 0.756 e. The molecule has 0 bridgehead atoms. The summed E-state index contributed by atoms with van der Waals surface area (Å²) in [6.07, 6.45) is 0. The van der Waals surface area contributed by atoms with Gasteiger partial charge in [0.25, 0.3) is 7.82 Å². The Balaban J connectivity index is -0.0000000326. The predicted octanol–water partition coefficient (Wildman–Crippen LogP) is -4.30. The molecule has 0 aliphatic rings. The number of halogens is 1. The Morgan fingerprint density at radius 2 is 1.40 bits per heavy atom. The zero-order chi connectivity index (χ0) is 7.21. The molecule has 0 spiro atoms. The van der Waals surface area contributed by atoms with E-state index in [-0.39, 0.29) is 42.0 Å². The zero-order valence-corrected chi connectivity index (χ0v) is 9.78. The first-order valence-electron chi connectivity index (χ1n) is 1.77. The summed E-state index contributed by atoms with van der Waals surface area (Å²) in [5.74, 6) is 0. The van der Waals surface area contributed by atoms with Crippen molar-refractivity contribution in [1.29, 1.82) is 0 Å². The third-order valence-corrected chi connectivity index (χ3v) is 0. The van der Waals surface area contributed by atoms with Gasteiger partial charge in [-0.05, 0) is 14.1 Å². The fraction of sp³-hybridized carbons (Fsp3) is 1.00. The minimum atomic E-state index is -4.89. The van der Waals surface area contributed by atoms with Gasteiger partial charge >= 0.3 is 29.6 Å². The fourth-order valence-electron chi connectivity index (χ4n) is 0. The third kappa shape index (κ3) is 354. The van der Waals surface area contributed by atoms with Gasteiger partial charge in [0.05, 0.1) is 0 Å². The molecule has 0 aromatic heterocycles. The van der Waals surface area contributed by atoms with Crippen LogP contribution in [0.4, 0.5) is 0 Å². The SMILES string of the molecule is CNC.Cl.O=P([O-])(O)O.[Na+]. The molecule has 0 rings (SSSR count). The summed E-state index contributed by atoms with van der Waals surface area (Å²) in [7, 11) is -1.14. The zero-order valence-electron chi connectivity index (χ0n) is 6.07. The van der Waals surface area contributed by atoms with Crippen molar-refractivity contribution in [2.24, 2.45) is 0 Å². The summed E-state index contributed by atoms with van der Waals surface area (Å²) < 4.78 is 8.77. The van der Waals surface area contributed by atoms with Crippen molar-refractivity contribution in [2.45, 2.75) is 0 Å². The number of hydrogen-bond acceptors (Lipinski definition) is 3.